The van der Waals surface area contributed by atoms with Gasteiger partial charge in [0.2, 0.25) is 5.91 Å². The Labute approximate surface area is 170 Å². The fourth-order valence-electron chi connectivity index (χ4n) is 3.31. The molecule has 1 atom stereocenters. The standard InChI is InChI=1S/C23H26FN3O2/c1-15-13-16(2)27(26-15)20-9-7-19(8-10-20)17(3)25-23(28)12-6-18-5-11-22(29-4)21(24)14-18/h5,7-11,13-14,17H,6,12H2,1-4H3,(H,25,28). The molecule has 29 heavy (non-hydrogen) atoms. The van der Waals surface area contributed by atoms with Crippen molar-refractivity contribution in [3.05, 3.63) is 76.9 Å². The summed E-state index contributed by atoms with van der Waals surface area (Å²) < 4.78 is 20.6. The number of carbonyl (C=O) groups is 1. The Bertz CT molecular complexity index is 996. The maximum atomic E-state index is 13.8. The number of ether oxygens (including phenoxy) is 1. The van der Waals surface area contributed by atoms with Crippen molar-refractivity contribution in [2.24, 2.45) is 0 Å². The molecule has 0 fully saturated rings. The smallest absolute Gasteiger partial charge is 0.220 e. The monoisotopic (exact) mass is 395 g/mol. The first-order chi connectivity index (χ1) is 13.9. The predicted molar refractivity (Wildman–Crippen MR) is 111 cm³/mol. The van der Waals surface area contributed by atoms with Gasteiger partial charge in [-0.3, -0.25) is 4.79 Å². The van der Waals surface area contributed by atoms with Gasteiger partial charge in [0.25, 0.3) is 0 Å². The van der Waals surface area contributed by atoms with Gasteiger partial charge in [-0.1, -0.05) is 18.2 Å². The molecule has 0 aliphatic heterocycles. The zero-order valence-electron chi connectivity index (χ0n) is 17.2. The summed E-state index contributed by atoms with van der Waals surface area (Å²) in [5, 5.41) is 7.48. The van der Waals surface area contributed by atoms with E-state index in [0.29, 0.717) is 12.8 Å². The molecule has 1 N–H and O–H groups in total. The number of amides is 1. The Balaban J connectivity index is 1.56. The van der Waals surface area contributed by atoms with Crippen LogP contribution in [0.1, 0.15) is 41.9 Å². The van der Waals surface area contributed by atoms with Gasteiger partial charge in [-0.2, -0.15) is 5.10 Å². The van der Waals surface area contributed by atoms with Crippen LogP contribution >= 0.6 is 0 Å². The van der Waals surface area contributed by atoms with E-state index in [9.17, 15) is 9.18 Å². The van der Waals surface area contributed by atoms with Gasteiger partial charge in [0.1, 0.15) is 0 Å². The molecule has 3 rings (SSSR count). The van der Waals surface area contributed by atoms with E-state index >= 15 is 0 Å². The maximum absolute atomic E-state index is 13.8. The lowest BCUT2D eigenvalue weighted by Crippen LogP contribution is -2.26. The number of aromatic nitrogens is 2. The van der Waals surface area contributed by atoms with Gasteiger partial charge in [-0.25, -0.2) is 9.07 Å². The summed E-state index contributed by atoms with van der Waals surface area (Å²) in [6.07, 6.45) is 0.760. The van der Waals surface area contributed by atoms with Crippen LogP contribution in [0.25, 0.3) is 5.69 Å². The van der Waals surface area contributed by atoms with Crippen LogP contribution in [-0.2, 0) is 11.2 Å². The highest BCUT2D eigenvalue weighted by molar-refractivity contribution is 5.76. The van der Waals surface area contributed by atoms with Crippen molar-refractivity contribution in [1.29, 1.82) is 0 Å². The van der Waals surface area contributed by atoms with Gasteiger partial charge in [0, 0.05) is 12.1 Å². The molecule has 152 valence electrons. The first kappa shape index (κ1) is 20.6. The molecule has 1 heterocycles. The lowest BCUT2D eigenvalue weighted by molar-refractivity contribution is -0.121. The zero-order valence-corrected chi connectivity index (χ0v) is 17.2. The second kappa shape index (κ2) is 8.90. The SMILES string of the molecule is COc1ccc(CCC(=O)NC(C)c2ccc(-n3nc(C)cc3C)cc2)cc1F. The van der Waals surface area contributed by atoms with Crippen molar-refractivity contribution < 1.29 is 13.9 Å². The Kier molecular flexibility index (Phi) is 6.32. The molecule has 1 amide bonds. The normalized spacial score (nSPS) is 11.9. The van der Waals surface area contributed by atoms with Crippen molar-refractivity contribution in [3.8, 4) is 11.4 Å². The molecule has 0 bridgehead atoms. The fraction of sp³-hybridized carbons (Fsp3) is 0.304. The summed E-state index contributed by atoms with van der Waals surface area (Å²) in [6.45, 7) is 5.94. The van der Waals surface area contributed by atoms with E-state index in [1.807, 2.05) is 55.8 Å². The summed E-state index contributed by atoms with van der Waals surface area (Å²) in [6, 6.07) is 14.7. The first-order valence-electron chi connectivity index (χ1n) is 9.62. The minimum atomic E-state index is -0.415. The van der Waals surface area contributed by atoms with E-state index in [-0.39, 0.29) is 17.7 Å². The number of hydrogen-bond donors (Lipinski definition) is 1. The number of rotatable bonds is 7. The van der Waals surface area contributed by atoms with Crippen molar-refractivity contribution in [3.63, 3.8) is 0 Å². The molecule has 0 spiro atoms. The minimum Gasteiger partial charge on any atom is -0.494 e. The van der Waals surface area contributed by atoms with Gasteiger partial charge in [0.05, 0.1) is 24.5 Å². The lowest BCUT2D eigenvalue weighted by atomic mass is 10.1. The highest BCUT2D eigenvalue weighted by Gasteiger charge is 2.12. The molecule has 0 aliphatic rings. The van der Waals surface area contributed by atoms with Crippen LogP contribution in [0.4, 0.5) is 4.39 Å². The van der Waals surface area contributed by atoms with E-state index in [1.54, 1.807) is 12.1 Å². The summed E-state index contributed by atoms with van der Waals surface area (Å²) >= 11 is 0. The predicted octanol–water partition coefficient (Wildman–Crippen LogP) is 4.45. The van der Waals surface area contributed by atoms with E-state index in [1.165, 1.54) is 13.2 Å². The van der Waals surface area contributed by atoms with Gasteiger partial charge >= 0.3 is 0 Å². The Hall–Kier alpha value is -3.15. The molecule has 0 aliphatic carbocycles. The molecule has 3 aromatic rings. The molecular formula is C23H26FN3O2. The quantitative estimate of drug-likeness (QED) is 0.643. The highest BCUT2D eigenvalue weighted by Crippen LogP contribution is 2.20. The van der Waals surface area contributed by atoms with Crippen LogP contribution in [0.3, 0.4) is 0 Å². The number of hydrogen-bond acceptors (Lipinski definition) is 3. The van der Waals surface area contributed by atoms with E-state index < -0.39 is 5.82 Å². The van der Waals surface area contributed by atoms with Crippen LogP contribution < -0.4 is 10.1 Å². The Morgan fingerprint density at radius 3 is 2.48 bits per heavy atom. The fourth-order valence-corrected chi connectivity index (χ4v) is 3.31. The molecule has 6 heteroatoms. The average Bonchev–Trinajstić information content (AvgIpc) is 3.04. The molecular weight excluding hydrogens is 369 g/mol. The summed E-state index contributed by atoms with van der Waals surface area (Å²) in [5.74, 6) is -0.284. The average molecular weight is 395 g/mol. The second-order valence-corrected chi connectivity index (χ2v) is 7.19. The van der Waals surface area contributed by atoms with Crippen molar-refractivity contribution in [2.45, 2.75) is 39.7 Å². The lowest BCUT2D eigenvalue weighted by Gasteiger charge is -2.15. The number of carbonyl (C=O) groups excluding carboxylic acids is 1. The van der Waals surface area contributed by atoms with Crippen molar-refractivity contribution in [2.75, 3.05) is 7.11 Å². The number of benzene rings is 2. The summed E-state index contributed by atoms with van der Waals surface area (Å²) in [7, 11) is 1.43. The largest absolute Gasteiger partial charge is 0.494 e. The van der Waals surface area contributed by atoms with Crippen LogP contribution in [0.2, 0.25) is 0 Å². The van der Waals surface area contributed by atoms with E-state index in [4.69, 9.17) is 4.74 Å². The highest BCUT2D eigenvalue weighted by atomic mass is 19.1. The molecule has 0 radical (unpaired) electrons. The molecule has 2 aromatic carbocycles. The summed E-state index contributed by atoms with van der Waals surface area (Å²) in [4.78, 5) is 12.3. The molecule has 1 aromatic heterocycles. The summed E-state index contributed by atoms with van der Waals surface area (Å²) in [5.41, 5.74) is 4.81. The maximum Gasteiger partial charge on any atom is 0.220 e. The second-order valence-electron chi connectivity index (χ2n) is 7.19. The van der Waals surface area contributed by atoms with Gasteiger partial charge in [0.15, 0.2) is 11.6 Å². The number of halogens is 1. The van der Waals surface area contributed by atoms with E-state index in [0.717, 1.165) is 28.2 Å². The van der Waals surface area contributed by atoms with Crippen LogP contribution in [0.15, 0.2) is 48.5 Å². The van der Waals surface area contributed by atoms with Crippen LogP contribution in [0.5, 0.6) is 5.75 Å². The molecule has 5 nitrogen and oxygen atoms in total. The van der Waals surface area contributed by atoms with Crippen LogP contribution in [-0.4, -0.2) is 22.8 Å². The Morgan fingerprint density at radius 1 is 1.17 bits per heavy atom. The number of nitrogens with zero attached hydrogens (tertiary/aromatic N) is 2. The topological polar surface area (TPSA) is 56.1 Å². The number of methoxy groups -OCH3 is 1. The minimum absolute atomic E-state index is 0.0728. The van der Waals surface area contributed by atoms with Gasteiger partial charge in [-0.15, -0.1) is 0 Å². The van der Waals surface area contributed by atoms with Crippen LogP contribution in [0, 0.1) is 19.7 Å². The third-order valence-electron chi connectivity index (χ3n) is 4.88. The molecule has 1 unspecified atom stereocenters. The van der Waals surface area contributed by atoms with Crippen molar-refractivity contribution >= 4 is 5.91 Å². The first-order valence-corrected chi connectivity index (χ1v) is 9.62. The number of aryl methyl sites for hydroxylation is 3. The zero-order chi connectivity index (χ0) is 21.0. The van der Waals surface area contributed by atoms with Crippen molar-refractivity contribution in [1.82, 2.24) is 15.1 Å². The van der Waals surface area contributed by atoms with Gasteiger partial charge in [-0.05, 0) is 68.7 Å². The Morgan fingerprint density at radius 2 is 1.90 bits per heavy atom. The third kappa shape index (κ3) is 5.02. The molecule has 0 saturated heterocycles. The molecule has 0 saturated carbocycles. The van der Waals surface area contributed by atoms with E-state index in [2.05, 4.69) is 10.4 Å². The van der Waals surface area contributed by atoms with Gasteiger partial charge < -0.3 is 10.1 Å². The third-order valence-corrected chi connectivity index (χ3v) is 4.88. The number of nitrogens with one attached hydrogen (secondary N) is 1.